The van der Waals surface area contributed by atoms with Crippen LogP contribution in [-0.2, 0) is 20.9 Å². The van der Waals surface area contributed by atoms with Crippen LogP contribution >= 0.6 is 0 Å². The normalized spacial score (nSPS) is 18.7. The highest BCUT2D eigenvalue weighted by atomic mass is 16.5. The molecule has 0 saturated carbocycles. The maximum absolute atomic E-state index is 12.8. The minimum absolute atomic E-state index is 0.197. The van der Waals surface area contributed by atoms with Crippen LogP contribution in [0.4, 0.5) is 10.5 Å². The largest absolute Gasteiger partial charge is 0.382 e. The van der Waals surface area contributed by atoms with Gasteiger partial charge in [0, 0.05) is 37.5 Å². The number of aromatic nitrogens is 1. The predicted molar refractivity (Wildman–Crippen MR) is 113 cm³/mol. The summed E-state index contributed by atoms with van der Waals surface area (Å²) in [6.45, 7) is 0.488. The number of amides is 5. The fraction of sp³-hybridized carbons (Fsp3) is 0.318. The molecule has 2 aromatic rings. The Morgan fingerprint density at radius 3 is 2.84 bits per heavy atom. The Morgan fingerprint density at radius 2 is 2.12 bits per heavy atom. The van der Waals surface area contributed by atoms with Crippen LogP contribution in [-0.4, -0.2) is 53.4 Å². The molecule has 2 aliphatic heterocycles. The van der Waals surface area contributed by atoms with Crippen molar-refractivity contribution >= 4 is 29.4 Å². The standard InChI is InChI=1S/C22H23N5O5/c1-32-12-17(16-4-2-3-9-23-16)25-22(31)24-14-5-6-15-13(10-14)11-27(21(15)30)18-7-8-19(28)26-20(18)29/h2-6,9-10,17-18H,7-8,11-12H2,1H3,(H2,24,25,31)(H,26,28,29). The number of anilines is 1. The summed E-state index contributed by atoms with van der Waals surface area (Å²) >= 11 is 0. The van der Waals surface area contributed by atoms with Gasteiger partial charge in [-0.1, -0.05) is 6.07 Å². The van der Waals surface area contributed by atoms with E-state index in [1.807, 2.05) is 6.07 Å². The topological polar surface area (TPSA) is 130 Å². The molecule has 3 heterocycles. The van der Waals surface area contributed by atoms with E-state index in [1.54, 1.807) is 43.6 Å². The molecule has 4 rings (SSSR count). The Hall–Kier alpha value is -3.79. The van der Waals surface area contributed by atoms with Crippen LogP contribution in [0.25, 0.3) is 0 Å². The summed E-state index contributed by atoms with van der Waals surface area (Å²) in [6.07, 6.45) is 2.14. The van der Waals surface area contributed by atoms with Crippen LogP contribution in [0.1, 0.15) is 40.5 Å². The van der Waals surface area contributed by atoms with E-state index in [4.69, 9.17) is 4.74 Å². The van der Waals surface area contributed by atoms with Gasteiger partial charge in [0.1, 0.15) is 6.04 Å². The van der Waals surface area contributed by atoms with Crippen LogP contribution in [0.2, 0.25) is 0 Å². The lowest BCUT2D eigenvalue weighted by molar-refractivity contribution is -0.136. The molecule has 2 unspecified atom stereocenters. The number of pyridine rings is 1. The smallest absolute Gasteiger partial charge is 0.319 e. The monoisotopic (exact) mass is 437 g/mol. The molecule has 0 bridgehead atoms. The fourth-order valence-corrected chi connectivity index (χ4v) is 3.93. The molecule has 0 spiro atoms. The van der Waals surface area contributed by atoms with Crippen LogP contribution < -0.4 is 16.0 Å². The van der Waals surface area contributed by atoms with Gasteiger partial charge in [-0.2, -0.15) is 0 Å². The first kappa shape index (κ1) is 21.4. The van der Waals surface area contributed by atoms with Crippen molar-refractivity contribution in [1.29, 1.82) is 0 Å². The van der Waals surface area contributed by atoms with Crippen molar-refractivity contribution in [3.05, 3.63) is 59.4 Å². The van der Waals surface area contributed by atoms with Gasteiger partial charge in [-0.05, 0) is 42.3 Å². The predicted octanol–water partition coefficient (Wildman–Crippen LogP) is 1.35. The minimum atomic E-state index is -0.680. The van der Waals surface area contributed by atoms with Gasteiger partial charge in [0.05, 0.1) is 18.3 Å². The van der Waals surface area contributed by atoms with Gasteiger partial charge in [-0.25, -0.2) is 4.79 Å². The number of urea groups is 1. The molecule has 0 radical (unpaired) electrons. The lowest BCUT2D eigenvalue weighted by atomic mass is 10.0. The molecule has 0 aliphatic carbocycles. The highest BCUT2D eigenvalue weighted by Gasteiger charge is 2.39. The number of hydrogen-bond donors (Lipinski definition) is 3. The molecule has 1 aromatic heterocycles. The number of imide groups is 1. The van der Waals surface area contributed by atoms with Gasteiger partial charge >= 0.3 is 6.03 Å². The number of nitrogens with zero attached hydrogens (tertiary/aromatic N) is 2. The molecule has 10 heteroatoms. The first-order chi connectivity index (χ1) is 15.5. The van der Waals surface area contributed by atoms with E-state index in [2.05, 4.69) is 20.9 Å². The highest BCUT2D eigenvalue weighted by Crippen LogP contribution is 2.29. The summed E-state index contributed by atoms with van der Waals surface area (Å²) in [4.78, 5) is 54.6. The number of piperidine rings is 1. The molecule has 10 nitrogen and oxygen atoms in total. The van der Waals surface area contributed by atoms with Gasteiger partial charge in [-0.15, -0.1) is 0 Å². The minimum Gasteiger partial charge on any atom is -0.382 e. The van der Waals surface area contributed by atoms with Crippen LogP contribution in [0, 0.1) is 0 Å². The molecule has 32 heavy (non-hydrogen) atoms. The van der Waals surface area contributed by atoms with E-state index in [-0.39, 0.29) is 31.4 Å². The number of carbonyl (C=O) groups is 4. The van der Waals surface area contributed by atoms with Crippen molar-refractivity contribution in [2.45, 2.75) is 31.5 Å². The molecule has 2 aliphatic rings. The zero-order valence-corrected chi connectivity index (χ0v) is 17.5. The third kappa shape index (κ3) is 4.45. The van der Waals surface area contributed by atoms with E-state index in [0.29, 0.717) is 28.9 Å². The molecular formula is C22H23N5O5. The summed E-state index contributed by atoms with van der Waals surface area (Å²) in [6, 6.07) is 8.85. The fourth-order valence-electron chi connectivity index (χ4n) is 3.93. The zero-order valence-electron chi connectivity index (χ0n) is 17.5. The van der Waals surface area contributed by atoms with E-state index in [0.717, 1.165) is 0 Å². The van der Waals surface area contributed by atoms with Crippen molar-refractivity contribution in [3.8, 4) is 0 Å². The van der Waals surface area contributed by atoms with Crippen molar-refractivity contribution in [3.63, 3.8) is 0 Å². The van der Waals surface area contributed by atoms with Crippen LogP contribution in [0.3, 0.4) is 0 Å². The number of benzene rings is 1. The number of hydrogen-bond acceptors (Lipinski definition) is 6. The summed E-state index contributed by atoms with van der Waals surface area (Å²) < 4.78 is 5.19. The second kappa shape index (κ2) is 9.15. The van der Waals surface area contributed by atoms with E-state index in [1.165, 1.54) is 4.90 Å². The number of methoxy groups -OCH3 is 1. The quantitative estimate of drug-likeness (QED) is 0.585. The van der Waals surface area contributed by atoms with Crippen LogP contribution in [0.5, 0.6) is 0 Å². The maximum Gasteiger partial charge on any atom is 0.319 e. The number of ether oxygens (including phenoxy) is 1. The van der Waals surface area contributed by atoms with Crippen molar-refractivity contribution < 1.29 is 23.9 Å². The van der Waals surface area contributed by atoms with Crippen molar-refractivity contribution in [2.24, 2.45) is 0 Å². The summed E-state index contributed by atoms with van der Waals surface area (Å²) in [5, 5.41) is 7.88. The van der Waals surface area contributed by atoms with Crippen LogP contribution in [0.15, 0.2) is 42.6 Å². The molecule has 1 saturated heterocycles. The first-order valence-corrected chi connectivity index (χ1v) is 10.2. The second-order valence-corrected chi connectivity index (χ2v) is 7.63. The van der Waals surface area contributed by atoms with E-state index in [9.17, 15) is 19.2 Å². The zero-order chi connectivity index (χ0) is 22.7. The number of carbonyl (C=O) groups excluding carboxylic acids is 4. The number of nitrogens with one attached hydrogen (secondary N) is 3. The summed E-state index contributed by atoms with van der Waals surface area (Å²) in [5.41, 5.74) is 2.36. The SMILES string of the molecule is COCC(NC(=O)Nc1ccc2c(c1)CN(C1CCC(=O)NC1=O)C2=O)c1ccccn1. The Labute approximate surface area is 184 Å². The number of fused-ring (bicyclic) bond motifs is 1. The molecule has 5 amide bonds. The second-order valence-electron chi connectivity index (χ2n) is 7.63. The first-order valence-electron chi connectivity index (χ1n) is 10.2. The average Bonchev–Trinajstić information content (AvgIpc) is 3.09. The number of rotatable bonds is 6. The van der Waals surface area contributed by atoms with Crippen molar-refractivity contribution in [2.75, 3.05) is 19.0 Å². The Morgan fingerprint density at radius 1 is 1.28 bits per heavy atom. The third-order valence-electron chi connectivity index (χ3n) is 5.46. The van der Waals surface area contributed by atoms with Gasteiger partial charge in [-0.3, -0.25) is 24.7 Å². The molecule has 2 atom stereocenters. The molecule has 1 aromatic carbocycles. The van der Waals surface area contributed by atoms with E-state index < -0.39 is 24.0 Å². The van der Waals surface area contributed by atoms with E-state index >= 15 is 0 Å². The molecule has 1 fully saturated rings. The highest BCUT2D eigenvalue weighted by molar-refractivity contribution is 6.05. The summed E-state index contributed by atoms with van der Waals surface area (Å²) in [5.74, 6) is -1.05. The Bertz CT molecular complexity index is 1060. The van der Waals surface area contributed by atoms with Gasteiger partial charge in [0.2, 0.25) is 11.8 Å². The van der Waals surface area contributed by atoms with Gasteiger partial charge < -0.3 is 20.3 Å². The van der Waals surface area contributed by atoms with Gasteiger partial charge in [0.15, 0.2) is 0 Å². The van der Waals surface area contributed by atoms with Gasteiger partial charge in [0.25, 0.3) is 5.91 Å². The van der Waals surface area contributed by atoms with Crippen molar-refractivity contribution in [1.82, 2.24) is 20.5 Å². The Kier molecular flexibility index (Phi) is 6.13. The summed E-state index contributed by atoms with van der Waals surface area (Å²) in [7, 11) is 1.54. The molecule has 3 N–H and O–H groups in total. The lowest BCUT2D eigenvalue weighted by Crippen LogP contribution is -2.52. The molecule has 166 valence electrons. The third-order valence-corrected chi connectivity index (χ3v) is 5.46. The average molecular weight is 437 g/mol. The lowest BCUT2D eigenvalue weighted by Gasteiger charge is -2.29. The molecular weight excluding hydrogens is 414 g/mol. The maximum atomic E-state index is 12.8. The Balaban J connectivity index is 1.43.